The van der Waals surface area contributed by atoms with Crippen molar-refractivity contribution in [2.24, 2.45) is 17.8 Å². The van der Waals surface area contributed by atoms with Crippen molar-refractivity contribution < 1.29 is 28.7 Å². The summed E-state index contributed by atoms with van der Waals surface area (Å²) in [6.07, 6.45) is 1.10. The van der Waals surface area contributed by atoms with E-state index in [1.54, 1.807) is 40.9 Å². The first-order valence-electron chi connectivity index (χ1n) is 16.7. The number of hydrogen-bond donors (Lipinski definition) is 4. The number of ether oxygens (including phenoxy) is 1. The zero-order chi connectivity index (χ0) is 35.1. The van der Waals surface area contributed by atoms with Gasteiger partial charge in [0, 0.05) is 37.0 Å². The molecule has 11 heteroatoms. The number of aromatic amines is 1. The van der Waals surface area contributed by atoms with Crippen molar-refractivity contribution in [3.05, 3.63) is 71.9 Å². The Morgan fingerprint density at radius 3 is 2.02 bits per heavy atom. The summed E-state index contributed by atoms with van der Waals surface area (Å²) in [5.74, 6) is -3.73. The molecule has 4 N–H and O–H groups in total. The van der Waals surface area contributed by atoms with Gasteiger partial charge in [0.25, 0.3) is 5.91 Å². The molecule has 1 aliphatic heterocycles. The smallest absolute Gasteiger partial charge is 0.329 e. The normalized spacial score (nSPS) is 23.5. The molecule has 11 nitrogen and oxygen atoms in total. The lowest BCUT2D eigenvalue weighted by atomic mass is 9.97. The predicted molar refractivity (Wildman–Crippen MR) is 184 cm³/mol. The van der Waals surface area contributed by atoms with E-state index in [1.165, 1.54) is 4.90 Å². The molecule has 3 aromatic rings. The van der Waals surface area contributed by atoms with Gasteiger partial charge < -0.3 is 30.6 Å². The number of rotatable bonds is 8. The molecule has 0 aliphatic carbocycles. The van der Waals surface area contributed by atoms with Gasteiger partial charge in [0.2, 0.25) is 17.7 Å². The standard InChI is InChI=1S/C37H49N5O6/c1-21(2)17-30-34(44)39-28(19-25-20-38-27-16-12-11-15-26(25)27)33(43)40-29(18-24-13-9-8-10-14-24)37(47)48-32(23(5)6)35(45)41-31(22(3)4)36(46)42(30)7/h8-16,20-23,28-32,38H,17-19H2,1-7H3,(H,39,44)(H,40,43)(H,41,45)/t28-,29-,30-,31-,32-/m0/s1. The fourth-order valence-electron chi connectivity index (χ4n) is 6.02. The Labute approximate surface area is 282 Å². The molecule has 258 valence electrons. The number of hydrogen-bond acceptors (Lipinski definition) is 6. The topological polar surface area (TPSA) is 150 Å². The Morgan fingerprint density at radius 1 is 0.729 bits per heavy atom. The molecule has 0 radical (unpaired) electrons. The van der Waals surface area contributed by atoms with Crippen molar-refractivity contribution in [3.8, 4) is 0 Å². The van der Waals surface area contributed by atoms with Crippen LogP contribution in [0.3, 0.4) is 0 Å². The Balaban J connectivity index is 1.81. The fourth-order valence-corrected chi connectivity index (χ4v) is 6.02. The number of amides is 4. The summed E-state index contributed by atoms with van der Waals surface area (Å²) in [4.78, 5) is 74.4. The van der Waals surface area contributed by atoms with Crippen molar-refractivity contribution in [1.29, 1.82) is 0 Å². The van der Waals surface area contributed by atoms with Crippen molar-refractivity contribution in [2.45, 2.75) is 91.1 Å². The van der Waals surface area contributed by atoms with Crippen LogP contribution in [-0.2, 0) is 41.6 Å². The van der Waals surface area contributed by atoms with Gasteiger partial charge in [-0.05, 0) is 41.4 Å². The van der Waals surface area contributed by atoms with E-state index in [0.29, 0.717) is 6.42 Å². The van der Waals surface area contributed by atoms with E-state index in [9.17, 15) is 24.0 Å². The molecule has 1 saturated heterocycles. The van der Waals surface area contributed by atoms with Crippen LogP contribution in [0.2, 0.25) is 0 Å². The van der Waals surface area contributed by atoms with Crippen LogP contribution in [0.1, 0.15) is 59.1 Å². The molecule has 5 atom stereocenters. The van der Waals surface area contributed by atoms with Crippen LogP contribution < -0.4 is 16.0 Å². The van der Waals surface area contributed by atoms with E-state index >= 15 is 0 Å². The monoisotopic (exact) mass is 659 g/mol. The molecular weight excluding hydrogens is 610 g/mol. The molecule has 4 rings (SSSR count). The highest BCUT2D eigenvalue weighted by Gasteiger charge is 2.39. The Bertz CT molecular complexity index is 1600. The first-order valence-corrected chi connectivity index (χ1v) is 16.7. The lowest BCUT2D eigenvalue weighted by Crippen LogP contribution is -2.59. The highest BCUT2D eigenvalue weighted by molar-refractivity contribution is 5.97. The van der Waals surface area contributed by atoms with E-state index in [2.05, 4.69) is 20.9 Å². The van der Waals surface area contributed by atoms with Crippen LogP contribution >= 0.6 is 0 Å². The van der Waals surface area contributed by atoms with Crippen molar-refractivity contribution >= 4 is 40.5 Å². The number of likely N-dealkylation sites (N-methyl/N-ethyl adjacent to an activating group) is 1. The Hall–Kier alpha value is -4.67. The zero-order valence-corrected chi connectivity index (χ0v) is 28.9. The molecule has 0 saturated carbocycles. The van der Waals surface area contributed by atoms with E-state index < -0.39 is 65.8 Å². The molecule has 0 spiro atoms. The quantitative estimate of drug-likeness (QED) is 0.272. The summed E-state index contributed by atoms with van der Waals surface area (Å²) >= 11 is 0. The van der Waals surface area contributed by atoms with Gasteiger partial charge in [-0.15, -0.1) is 0 Å². The van der Waals surface area contributed by atoms with E-state index in [0.717, 1.165) is 22.0 Å². The number of cyclic esters (lactones) is 1. The second-order valence-electron chi connectivity index (χ2n) is 13.8. The number of esters is 1. The van der Waals surface area contributed by atoms with Gasteiger partial charge >= 0.3 is 5.97 Å². The number of fused-ring (bicyclic) bond motifs is 1. The first kappa shape index (κ1) is 36.2. The molecule has 2 aromatic carbocycles. The third-order valence-corrected chi connectivity index (χ3v) is 8.77. The average Bonchev–Trinajstić information content (AvgIpc) is 3.45. The van der Waals surface area contributed by atoms with Gasteiger partial charge in [0.15, 0.2) is 6.10 Å². The largest absolute Gasteiger partial charge is 0.450 e. The number of benzene rings is 2. The number of aromatic nitrogens is 1. The average molecular weight is 660 g/mol. The van der Waals surface area contributed by atoms with Crippen molar-refractivity contribution in [1.82, 2.24) is 25.8 Å². The molecule has 0 bridgehead atoms. The van der Waals surface area contributed by atoms with Gasteiger partial charge in [-0.1, -0.05) is 90.1 Å². The molecule has 48 heavy (non-hydrogen) atoms. The van der Waals surface area contributed by atoms with Crippen LogP contribution in [0.15, 0.2) is 60.8 Å². The van der Waals surface area contributed by atoms with E-state index in [1.807, 2.05) is 68.4 Å². The summed E-state index contributed by atoms with van der Waals surface area (Å²) in [7, 11) is 1.54. The van der Waals surface area contributed by atoms with Crippen LogP contribution in [0.25, 0.3) is 10.9 Å². The van der Waals surface area contributed by atoms with Gasteiger partial charge in [0.05, 0.1) is 0 Å². The van der Waals surface area contributed by atoms with Gasteiger partial charge in [-0.2, -0.15) is 0 Å². The third-order valence-electron chi connectivity index (χ3n) is 8.77. The number of nitrogens with zero attached hydrogens (tertiary/aromatic N) is 1. The highest BCUT2D eigenvalue weighted by Crippen LogP contribution is 2.21. The van der Waals surface area contributed by atoms with Crippen molar-refractivity contribution in [2.75, 3.05) is 7.05 Å². The summed E-state index contributed by atoms with van der Waals surface area (Å²) in [5, 5.41) is 9.47. The van der Waals surface area contributed by atoms with Crippen molar-refractivity contribution in [3.63, 3.8) is 0 Å². The number of para-hydroxylation sites is 1. The third kappa shape index (κ3) is 8.81. The maximum Gasteiger partial charge on any atom is 0.329 e. The summed E-state index contributed by atoms with van der Waals surface area (Å²) < 4.78 is 5.83. The second kappa shape index (κ2) is 16.0. The number of carbonyl (C=O) groups is 5. The molecule has 2 heterocycles. The first-order chi connectivity index (χ1) is 22.8. The second-order valence-corrected chi connectivity index (χ2v) is 13.8. The van der Waals surface area contributed by atoms with Crippen LogP contribution in [0, 0.1) is 17.8 Å². The molecule has 1 fully saturated rings. The minimum atomic E-state index is -1.23. The lowest BCUT2D eigenvalue weighted by molar-refractivity contribution is -0.162. The fraction of sp³-hybridized carbons (Fsp3) is 0.486. The summed E-state index contributed by atoms with van der Waals surface area (Å²) in [5.41, 5.74) is 2.44. The van der Waals surface area contributed by atoms with Gasteiger partial charge in [0.1, 0.15) is 24.2 Å². The lowest BCUT2D eigenvalue weighted by Gasteiger charge is -2.34. The molecule has 1 aromatic heterocycles. The Morgan fingerprint density at radius 2 is 1.38 bits per heavy atom. The van der Waals surface area contributed by atoms with E-state index in [-0.39, 0.29) is 24.7 Å². The highest BCUT2D eigenvalue weighted by atomic mass is 16.5. The maximum absolute atomic E-state index is 14.2. The zero-order valence-electron chi connectivity index (χ0n) is 28.9. The summed E-state index contributed by atoms with van der Waals surface area (Å²) in [6, 6.07) is 12.6. The molecule has 4 amide bonds. The van der Waals surface area contributed by atoms with Gasteiger partial charge in [-0.3, -0.25) is 19.2 Å². The predicted octanol–water partition coefficient (Wildman–Crippen LogP) is 3.52. The molecule has 1 aliphatic rings. The Kier molecular flexibility index (Phi) is 12.0. The number of nitrogens with one attached hydrogen (secondary N) is 4. The minimum Gasteiger partial charge on any atom is -0.450 e. The van der Waals surface area contributed by atoms with Crippen LogP contribution in [-0.4, -0.2) is 76.8 Å². The summed E-state index contributed by atoms with van der Waals surface area (Å²) in [6.45, 7) is 11.0. The van der Waals surface area contributed by atoms with Gasteiger partial charge in [-0.25, -0.2) is 4.79 Å². The van der Waals surface area contributed by atoms with Crippen LogP contribution in [0.4, 0.5) is 0 Å². The van der Waals surface area contributed by atoms with Crippen LogP contribution in [0.5, 0.6) is 0 Å². The molecular formula is C37H49N5O6. The maximum atomic E-state index is 14.2. The minimum absolute atomic E-state index is 0.0256. The SMILES string of the molecule is CC(C)C[C@H]1C(=O)N[C@@H](Cc2c[nH]c3ccccc23)C(=O)N[C@@H](Cc2ccccc2)C(=O)O[C@@H](C(C)C)C(=O)N[C@@H](C(C)C)C(=O)N1C. The molecule has 0 unspecified atom stereocenters. The van der Waals surface area contributed by atoms with E-state index in [4.69, 9.17) is 4.74 Å². The number of carbonyl (C=O) groups excluding carboxylic acids is 5. The number of H-pyrrole nitrogens is 1.